The summed E-state index contributed by atoms with van der Waals surface area (Å²) in [6.07, 6.45) is -3.22. The number of nitrogens with zero attached hydrogens (tertiary/aromatic N) is 2. The number of aromatic amines is 1. The SMILES string of the molecule is Cc1nc2c(C(=O)Nc3cccc(O)c3)c[nH]n2c(=O)c1Cc1cccc(C(F)(F)F)c1. The second-order valence-electron chi connectivity index (χ2n) is 7.21. The first kappa shape index (κ1) is 21.2. The van der Waals surface area contributed by atoms with Crippen LogP contribution in [0.5, 0.6) is 5.75 Å². The third-order valence-electron chi connectivity index (χ3n) is 4.95. The number of phenolic OH excluding ortho intramolecular Hbond substituents is 1. The average Bonchev–Trinajstić information content (AvgIpc) is 3.15. The van der Waals surface area contributed by atoms with Crippen molar-refractivity contribution in [1.82, 2.24) is 14.6 Å². The summed E-state index contributed by atoms with van der Waals surface area (Å²) >= 11 is 0. The first-order valence-electron chi connectivity index (χ1n) is 9.49. The molecular formula is C22H17F3N4O3. The molecule has 3 N–H and O–H groups in total. The second kappa shape index (κ2) is 7.88. The van der Waals surface area contributed by atoms with Gasteiger partial charge in [0, 0.05) is 35.6 Å². The van der Waals surface area contributed by atoms with Crippen molar-refractivity contribution in [2.75, 3.05) is 5.32 Å². The van der Waals surface area contributed by atoms with Crippen LogP contribution in [0.1, 0.15) is 32.7 Å². The molecule has 0 aliphatic heterocycles. The van der Waals surface area contributed by atoms with Gasteiger partial charge in [-0.3, -0.25) is 14.7 Å². The third kappa shape index (κ3) is 4.07. The van der Waals surface area contributed by atoms with E-state index in [4.69, 9.17) is 0 Å². The lowest BCUT2D eigenvalue weighted by Crippen LogP contribution is -2.23. The lowest BCUT2D eigenvalue weighted by molar-refractivity contribution is -0.137. The smallest absolute Gasteiger partial charge is 0.416 e. The van der Waals surface area contributed by atoms with E-state index in [-0.39, 0.29) is 28.9 Å². The summed E-state index contributed by atoms with van der Waals surface area (Å²) < 4.78 is 40.1. The fraction of sp³-hybridized carbons (Fsp3) is 0.136. The predicted octanol–water partition coefficient (Wildman–Crippen LogP) is 3.90. The number of amides is 1. The first-order valence-corrected chi connectivity index (χ1v) is 9.49. The van der Waals surface area contributed by atoms with E-state index in [2.05, 4.69) is 15.4 Å². The Morgan fingerprint density at radius 2 is 1.94 bits per heavy atom. The van der Waals surface area contributed by atoms with E-state index in [0.717, 1.165) is 16.6 Å². The number of alkyl halides is 3. The number of aryl methyl sites for hydroxylation is 1. The number of phenols is 1. The van der Waals surface area contributed by atoms with E-state index >= 15 is 0 Å². The van der Waals surface area contributed by atoms with Crippen molar-refractivity contribution in [3.8, 4) is 5.75 Å². The topological polar surface area (TPSA) is 99.5 Å². The number of nitrogens with one attached hydrogen (secondary N) is 2. The van der Waals surface area contributed by atoms with Crippen molar-refractivity contribution in [3.05, 3.63) is 93.0 Å². The van der Waals surface area contributed by atoms with Gasteiger partial charge in [0.1, 0.15) is 11.3 Å². The molecule has 164 valence electrons. The van der Waals surface area contributed by atoms with Crippen LogP contribution in [0.25, 0.3) is 5.65 Å². The van der Waals surface area contributed by atoms with Gasteiger partial charge in [-0.2, -0.15) is 13.2 Å². The van der Waals surface area contributed by atoms with Gasteiger partial charge in [0.05, 0.1) is 5.56 Å². The minimum absolute atomic E-state index is 0.0221. The Bertz CT molecular complexity index is 1390. The van der Waals surface area contributed by atoms with E-state index < -0.39 is 23.2 Å². The average molecular weight is 442 g/mol. The maximum absolute atomic E-state index is 13.0. The highest BCUT2D eigenvalue weighted by molar-refractivity contribution is 6.08. The Hall–Kier alpha value is -4.08. The number of rotatable bonds is 4. The zero-order chi connectivity index (χ0) is 23.0. The van der Waals surface area contributed by atoms with E-state index in [0.29, 0.717) is 16.9 Å². The van der Waals surface area contributed by atoms with Gasteiger partial charge in [0.2, 0.25) is 0 Å². The van der Waals surface area contributed by atoms with Gasteiger partial charge in [-0.1, -0.05) is 24.3 Å². The van der Waals surface area contributed by atoms with Crippen LogP contribution >= 0.6 is 0 Å². The minimum Gasteiger partial charge on any atom is -0.508 e. The fourth-order valence-electron chi connectivity index (χ4n) is 3.37. The number of carbonyl (C=O) groups is 1. The normalized spacial score (nSPS) is 11.6. The number of anilines is 1. The Morgan fingerprint density at radius 3 is 2.66 bits per heavy atom. The molecule has 0 radical (unpaired) electrons. The van der Waals surface area contributed by atoms with Gasteiger partial charge in [0.15, 0.2) is 5.65 Å². The highest BCUT2D eigenvalue weighted by Gasteiger charge is 2.30. The summed E-state index contributed by atoms with van der Waals surface area (Å²) in [5.74, 6) is -0.572. The lowest BCUT2D eigenvalue weighted by Gasteiger charge is -2.10. The van der Waals surface area contributed by atoms with E-state index in [1.54, 1.807) is 19.1 Å². The molecule has 32 heavy (non-hydrogen) atoms. The minimum atomic E-state index is -4.49. The molecule has 1 amide bonds. The van der Waals surface area contributed by atoms with Crippen LogP contribution in [0.15, 0.2) is 59.5 Å². The molecular weight excluding hydrogens is 425 g/mol. The zero-order valence-corrected chi connectivity index (χ0v) is 16.7. The number of H-pyrrole nitrogens is 1. The summed E-state index contributed by atoms with van der Waals surface area (Å²) in [5, 5.41) is 14.8. The molecule has 0 spiro atoms. The van der Waals surface area contributed by atoms with Crippen molar-refractivity contribution in [3.63, 3.8) is 0 Å². The van der Waals surface area contributed by atoms with Crippen LogP contribution in [0.4, 0.5) is 18.9 Å². The number of halogens is 3. The van der Waals surface area contributed by atoms with Crippen molar-refractivity contribution < 1.29 is 23.1 Å². The Kier molecular flexibility index (Phi) is 5.21. The second-order valence-corrected chi connectivity index (χ2v) is 7.21. The van der Waals surface area contributed by atoms with Crippen LogP contribution < -0.4 is 10.9 Å². The summed E-state index contributed by atoms with van der Waals surface area (Å²) in [6, 6.07) is 10.7. The molecule has 0 bridgehead atoms. The largest absolute Gasteiger partial charge is 0.508 e. The molecule has 0 saturated carbocycles. The van der Waals surface area contributed by atoms with E-state index in [1.165, 1.54) is 30.5 Å². The van der Waals surface area contributed by atoms with Crippen molar-refractivity contribution >= 4 is 17.2 Å². The van der Waals surface area contributed by atoms with Crippen LogP contribution in [-0.4, -0.2) is 25.6 Å². The molecule has 2 aromatic carbocycles. The molecule has 0 aliphatic rings. The number of hydrogen-bond donors (Lipinski definition) is 3. The maximum atomic E-state index is 13.0. The number of aromatic hydroxyl groups is 1. The van der Waals surface area contributed by atoms with Crippen LogP contribution in [0.3, 0.4) is 0 Å². The fourth-order valence-corrected chi connectivity index (χ4v) is 3.37. The number of aromatic nitrogens is 3. The third-order valence-corrected chi connectivity index (χ3v) is 4.95. The Labute approximate surface area is 179 Å². The molecule has 4 aromatic rings. The molecule has 2 heterocycles. The standard InChI is InChI=1S/C22H17F3N4O3/c1-12-17(9-13-4-2-5-14(8-13)22(23,24)25)21(32)29-19(27-12)18(11-26-29)20(31)28-15-6-3-7-16(30)10-15/h2-8,10-11,26,30H,9H2,1H3,(H,28,31). The molecule has 2 aromatic heterocycles. The molecule has 0 unspecified atom stereocenters. The highest BCUT2D eigenvalue weighted by Crippen LogP contribution is 2.30. The molecule has 7 nitrogen and oxygen atoms in total. The van der Waals surface area contributed by atoms with Gasteiger partial charge < -0.3 is 10.4 Å². The molecule has 0 aliphatic carbocycles. The highest BCUT2D eigenvalue weighted by atomic mass is 19.4. The summed E-state index contributed by atoms with van der Waals surface area (Å²) in [6.45, 7) is 1.56. The van der Waals surface area contributed by atoms with Crippen molar-refractivity contribution in [2.45, 2.75) is 19.5 Å². The summed E-state index contributed by atoms with van der Waals surface area (Å²) in [7, 11) is 0. The number of hydrogen-bond acceptors (Lipinski definition) is 4. The van der Waals surface area contributed by atoms with Crippen LogP contribution in [0, 0.1) is 6.92 Å². The number of fused-ring (bicyclic) bond motifs is 1. The van der Waals surface area contributed by atoms with Gasteiger partial charge in [-0.15, -0.1) is 0 Å². The predicted molar refractivity (Wildman–Crippen MR) is 111 cm³/mol. The lowest BCUT2D eigenvalue weighted by atomic mass is 10.0. The van der Waals surface area contributed by atoms with E-state index in [1.807, 2.05) is 0 Å². The zero-order valence-electron chi connectivity index (χ0n) is 16.7. The van der Waals surface area contributed by atoms with Crippen LogP contribution in [-0.2, 0) is 12.6 Å². The molecule has 10 heteroatoms. The van der Waals surface area contributed by atoms with Crippen molar-refractivity contribution in [1.29, 1.82) is 0 Å². The van der Waals surface area contributed by atoms with Gasteiger partial charge in [-0.05, 0) is 30.7 Å². The van der Waals surface area contributed by atoms with Crippen molar-refractivity contribution in [2.24, 2.45) is 0 Å². The molecule has 0 fully saturated rings. The Morgan fingerprint density at radius 1 is 1.19 bits per heavy atom. The summed E-state index contributed by atoms with van der Waals surface area (Å²) in [5.41, 5.74) is 0.0535. The van der Waals surface area contributed by atoms with Gasteiger partial charge >= 0.3 is 6.18 Å². The molecule has 0 atom stereocenters. The maximum Gasteiger partial charge on any atom is 0.416 e. The quantitative estimate of drug-likeness (QED) is 0.446. The van der Waals surface area contributed by atoms with Gasteiger partial charge in [0.25, 0.3) is 11.5 Å². The Balaban J connectivity index is 1.68. The number of benzene rings is 2. The molecule has 4 rings (SSSR count). The van der Waals surface area contributed by atoms with Crippen LogP contribution in [0.2, 0.25) is 0 Å². The monoisotopic (exact) mass is 442 g/mol. The van der Waals surface area contributed by atoms with Gasteiger partial charge in [-0.25, -0.2) is 9.50 Å². The number of carbonyl (C=O) groups excluding carboxylic acids is 1. The first-order chi connectivity index (χ1) is 15.1. The van der Waals surface area contributed by atoms with E-state index in [9.17, 15) is 27.9 Å². The molecule has 0 saturated heterocycles. The summed E-state index contributed by atoms with van der Waals surface area (Å²) in [4.78, 5) is 30.0.